The first kappa shape index (κ1) is 16.5. The quantitative estimate of drug-likeness (QED) is 0.620. The van der Waals surface area contributed by atoms with E-state index in [1.54, 1.807) is 13.8 Å². The van der Waals surface area contributed by atoms with Crippen LogP contribution in [0, 0.1) is 13.8 Å². The molecule has 0 fully saturated rings. The minimum atomic E-state index is -0.707. The maximum absolute atomic E-state index is 12.2. The van der Waals surface area contributed by atoms with Gasteiger partial charge in [0, 0.05) is 0 Å². The first-order chi connectivity index (χ1) is 9.43. The molecule has 1 rings (SSSR count). The maximum atomic E-state index is 12.2. The Kier molecular flexibility index (Phi) is 6.02. The van der Waals surface area contributed by atoms with E-state index in [4.69, 9.17) is 16.3 Å². The molecule has 0 N–H and O–H groups in total. The molecule has 1 amide bonds. The zero-order chi connectivity index (χ0) is 15.3. The summed E-state index contributed by atoms with van der Waals surface area (Å²) in [7, 11) is 0. The van der Waals surface area contributed by atoms with E-state index in [9.17, 15) is 9.59 Å². The molecule has 0 spiro atoms. The summed E-state index contributed by atoms with van der Waals surface area (Å²) in [5.41, 5.74) is 2.55. The Labute approximate surface area is 124 Å². The first-order valence-electron chi connectivity index (χ1n) is 6.54. The molecular weight excluding hydrogens is 278 g/mol. The molecule has 1 aromatic carbocycles. The normalized spacial score (nSPS) is 11.8. The number of carbonyl (C=O) groups is 2. The molecule has 0 aliphatic rings. The zero-order valence-electron chi connectivity index (χ0n) is 12.3. The molecule has 1 atom stereocenters. The fourth-order valence-electron chi connectivity index (χ4n) is 2.15. The molecule has 1 unspecified atom stereocenters. The highest BCUT2D eigenvalue weighted by Crippen LogP contribution is 2.27. The fourth-order valence-corrected chi connectivity index (χ4v) is 2.28. The van der Waals surface area contributed by atoms with Crippen LogP contribution in [0.5, 0.6) is 0 Å². The summed E-state index contributed by atoms with van der Waals surface area (Å²) in [5, 5.41) is 0. The van der Waals surface area contributed by atoms with Crippen LogP contribution in [-0.2, 0) is 14.3 Å². The third kappa shape index (κ3) is 3.51. The van der Waals surface area contributed by atoms with E-state index in [-0.39, 0.29) is 18.4 Å². The number of anilines is 1. The van der Waals surface area contributed by atoms with Crippen molar-refractivity contribution in [3.05, 3.63) is 29.3 Å². The van der Waals surface area contributed by atoms with Crippen LogP contribution in [0.25, 0.3) is 0 Å². The van der Waals surface area contributed by atoms with Gasteiger partial charge in [-0.05, 0) is 38.8 Å². The van der Waals surface area contributed by atoms with Crippen LogP contribution < -0.4 is 4.90 Å². The number of hydrogen-bond donors (Lipinski definition) is 0. The summed E-state index contributed by atoms with van der Waals surface area (Å²) in [6, 6.07) is 5.00. The van der Waals surface area contributed by atoms with Crippen LogP contribution in [0.4, 0.5) is 5.69 Å². The van der Waals surface area contributed by atoms with Gasteiger partial charge in [-0.25, -0.2) is 4.79 Å². The van der Waals surface area contributed by atoms with E-state index in [0.29, 0.717) is 0 Å². The molecule has 0 aliphatic heterocycles. The molecule has 0 saturated carbocycles. The van der Waals surface area contributed by atoms with E-state index < -0.39 is 12.0 Å². The smallest absolute Gasteiger partial charge is 0.328 e. The molecule has 110 valence electrons. The van der Waals surface area contributed by atoms with E-state index in [1.165, 1.54) is 4.90 Å². The van der Waals surface area contributed by atoms with Crippen LogP contribution in [-0.4, -0.2) is 30.4 Å². The van der Waals surface area contributed by atoms with E-state index in [0.717, 1.165) is 16.8 Å². The fraction of sp³-hybridized carbons (Fsp3) is 0.467. The second-order valence-corrected chi connectivity index (χ2v) is 4.83. The number of carbonyl (C=O) groups excluding carboxylic acids is 2. The van der Waals surface area contributed by atoms with Crippen LogP contribution >= 0.6 is 11.6 Å². The topological polar surface area (TPSA) is 46.6 Å². The summed E-state index contributed by atoms with van der Waals surface area (Å²) in [6.45, 7) is 7.45. The molecule has 20 heavy (non-hydrogen) atoms. The van der Waals surface area contributed by atoms with Crippen molar-refractivity contribution in [2.75, 3.05) is 17.4 Å². The number of para-hydroxylation sites is 1. The van der Waals surface area contributed by atoms with Gasteiger partial charge in [-0.2, -0.15) is 0 Å². The lowest BCUT2D eigenvalue weighted by atomic mass is 10.1. The van der Waals surface area contributed by atoms with Crippen LogP contribution in [0.1, 0.15) is 25.0 Å². The van der Waals surface area contributed by atoms with Crippen molar-refractivity contribution in [3.8, 4) is 0 Å². The maximum Gasteiger partial charge on any atom is 0.328 e. The van der Waals surface area contributed by atoms with Crippen LogP contribution in [0.3, 0.4) is 0 Å². The number of halogens is 1. The molecule has 0 radical (unpaired) electrons. The lowest BCUT2D eigenvalue weighted by Gasteiger charge is -2.30. The van der Waals surface area contributed by atoms with Crippen LogP contribution in [0.2, 0.25) is 0 Å². The number of alkyl halides is 1. The van der Waals surface area contributed by atoms with Crippen molar-refractivity contribution in [3.63, 3.8) is 0 Å². The Bertz CT molecular complexity index is 482. The average molecular weight is 298 g/mol. The zero-order valence-corrected chi connectivity index (χ0v) is 13.0. The standard InChI is InChI=1S/C15H20ClNO3/c1-5-20-15(19)12(4)17(13(18)9-16)14-10(2)7-6-8-11(14)3/h6-8,12H,5,9H2,1-4H3. The summed E-state index contributed by atoms with van der Waals surface area (Å²) in [4.78, 5) is 25.5. The Morgan fingerprint density at radius 2 is 1.85 bits per heavy atom. The second kappa shape index (κ2) is 7.29. The summed E-state index contributed by atoms with van der Waals surface area (Å²) < 4.78 is 5.00. The molecule has 5 heteroatoms. The Balaban J connectivity index is 3.26. The number of amides is 1. The third-order valence-corrected chi connectivity index (χ3v) is 3.31. The number of esters is 1. The lowest BCUT2D eigenvalue weighted by Crippen LogP contribution is -2.45. The van der Waals surface area contributed by atoms with Gasteiger partial charge in [0.15, 0.2) is 0 Å². The molecule has 0 saturated heterocycles. The number of aryl methyl sites for hydroxylation is 2. The number of nitrogens with zero attached hydrogens (tertiary/aromatic N) is 1. The van der Waals surface area contributed by atoms with E-state index in [2.05, 4.69) is 0 Å². The predicted octanol–water partition coefficient (Wildman–Crippen LogP) is 2.83. The average Bonchev–Trinajstić information content (AvgIpc) is 2.42. The molecular formula is C15H20ClNO3. The van der Waals surface area contributed by atoms with Gasteiger partial charge in [-0.15, -0.1) is 11.6 Å². The Morgan fingerprint density at radius 1 is 1.30 bits per heavy atom. The van der Waals surface area contributed by atoms with Gasteiger partial charge in [0.2, 0.25) is 5.91 Å². The van der Waals surface area contributed by atoms with E-state index >= 15 is 0 Å². The van der Waals surface area contributed by atoms with Gasteiger partial charge in [0.05, 0.1) is 12.3 Å². The predicted molar refractivity (Wildman–Crippen MR) is 80.2 cm³/mol. The third-order valence-electron chi connectivity index (χ3n) is 3.08. The van der Waals surface area contributed by atoms with Crippen molar-refractivity contribution in [2.24, 2.45) is 0 Å². The molecule has 1 aromatic rings. The Hall–Kier alpha value is -1.55. The number of benzene rings is 1. The molecule has 0 bridgehead atoms. The minimum absolute atomic E-state index is 0.183. The molecule has 4 nitrogen and oxygen atoms in total. The summed E-state index contributed by atoms with van der Waals surface area (Å²) in [6.07, 6.45) is 0. The van der Waals surface area contributed by atoms with Crippen molar-refractivity contribution in [1.82, 2.24) is 0 Å². The monoisotopic (exact) mass is 297 g/mol. The second-order valence-electron chi connectivity index (χ2n) is 4.57. The van der Waals surface area contributed by atoms with Gasteiger partial charge in [0.1, 0.15) is 11.9 Å². The number of hydrogen-bond acceptors (Lipinski definition) is 3. The van der Waals surface area contributed by atoms with Gasteiger partial charge in [-0.3, -0.25) is 9.69 Å². The highest BCUT2D eigenvalue weighted by Gasteiger charge is 2.29. The molecule has 0 aromatic heterocycles. The van der Waals surface area contributed by atoms with Gasteiger partial charge < -0.3 is 4.74 Å². The van der Waals surface area contributed by atoms with Gasteiger partial charge in [-0.1, -0.05) is 18.2 Å². The van der Waals surface area contributed by atoms with Gasteiger partial charge in [0.25, 0.3) is 0 Å². The van der Waals surface area contributed by atoms with Crippen molar-refractivity contribution in [1.29, 1.82) is 0 Å². The van der Waals surface area contributed by atoms with Gasteiger partial charge >= 0.3 is 5.97 Å². The van der Waals surface area contributed by atoms with Crippen molar-refractivity contribution < 1.29 is 14.3 Å². The minimum Gasteiger partial charge on any atom is -0.464 e. The van der Waals surface area contributed by atoms with E-state index in [1.807, 2.05) is 32.0 Å². The van der Waals surface area contributed by atoms with Crippen molar-refractivity contribution >= 4 is 29.2 Å². The van der Waals surface area contributed by atoms with Crippen molar-refractivity contribution in [2.45, 2.75) is 33.7 Å². The van der Waals surface area contributed by atoms with Crippen LogP contribution in [0.15, 0.2) is 18.2 Å². The number of rotatable bonds is 5. The highest BCUT2D eigenvalue weighted by molar-refractivity contribution is 6.29. The first-order valence-corrected chi connectivity index (χ1v) is 7.08. The highest BCUT2D eigenvalue weighted by atomic mass is 35.5. The molecule has 0 heterocycles. The molecule has 0 aliphatic carbocycles. The lowest BCUT2D eigenvalue weighted by molar-refractivity contribution is -0.145. The number of ether oxygens (including phenoxy) is 1. The summed E-state index contributed by atoms with van der Waals surface area (Å²) in [5.74, 6) is -0.935. The Morgan fingerprint density at radius 3 is 2.30 bits per heavy atom. The summed E-state index contributed by atoms with van der Waals surface area (Å²) >= 11 is 5.68. The SMILES string of the molecule is CCOC(=O)C(C)N(C(=O)CCl)c1c(C)cccc1C. The largest absolute Gasteiger partial charge is 0.464 e.